The van der Waals surface area contributed by atoms with Crippen LogP contribution in [0.15, 0.2) is 0 Å². The Bertz CT molecular complexity index is 204. The largest absolute Gasteiger partial charge is 0.394 e. The van der Waals surface area contributed by atoms with E-state index in [-0.39, 0.29) is 12.1 Å². The Morgan fingerprint density at radius 3 is 2.62 bits per heavy atom. The van der Waals surface area contributed by atoms with Gasteiger partial charge in [-0.15, -0.1) is 0 Å². The van der Waals surface area contributed by atoms with E-state index in [0.717, 1.165) is 18.9 Å². The first-order chi connectivity index (χ1) is 7.50. The number of likely N-dealkylation sites (tertiary alicyclic amines) is 1. The van der Waals surface area contributed by atoms with Crippen LogP contribution in [0.2, 0.25) is 0 Å². The molecule has 0 saturated carbocycles. The average molecular weight is 228 g/mol. The number of hydrogen-bond donors (Lipinski definition) is 2. The Kier molecular flexibility index (Phi) is 5.22. The van der Waals surface area contributed by atoms with Crippen LogP contribution in [0.3, 0.4) is 0 Å². The third-order valence-corrected chi connectivity index (χ3v) is 4.15. The minimum atomic E-state index is -0.125. The Balaban J connectivity index is 2.41. The van der Waals surface area contributed by atoms with Crippen LogP contribution >= 0.6 is 0 Å². The van der Waals surface area contributed by atoms with Crippen LogP contribution in [0.4, 0.5) is 0 Å². The molecule has 1 aliphatic rings. The fourth-order valence-corrected chi connectivity index (χ4v) is 2.37. The quantitative estimate of drug-likeness (QED) is 0.748. The smallest absolute Gasteiger partial charge is 0.0610 e. The minimum Gasteiger partial charge on any atom is -0.394 e. The van der Waals surface area contributed by atoms with Crippen molar-refractivity contribution in [3.63, 3.8) is 0 Å². The van der Waals surface area contributed by atoms with Crippen molar-refractivity contribution in [2.24, 2.45) is 5.92 Å². The molecule has 1 rings (SSSR count). The lowest BCUT2D eigenvalue weighted by atomic mass is 9.93. The first-order valence-corrected chi connectivity index (χ1v) is 6.54. The molecule has 1 saturated heterocycles. The molecule has 1 aliphatic heterocycles. The van der Waals surface area contributed by atoms with Crippen molar-refractivity contribution in [1.29, 1.82) is 0 Å². The molecular weight excluding hydrogens is 200 g/mol. The second-order valence-corrected chi connectivity index (χ2v) is 5.75. The lowest BCUT2D eigenvalue weighted by Crippen LogP contribution is -2.49. The molecule has 0 spiro atoms. The first kappa shape index (κ1) is 13.9. The Morgan fingerprint density at radius 1 is 1.38 bits per heavy atom. The van der Waals surface area contributed by atoms with Gasteiger partial charge in [-0.3, -0.25) is 0 Å². The second-order valence-electron chi connectivity index (χ2n) is 5.75. The lowest BCUT2D eigenvalue weighted by Gasteiger charge is -2.39. The zero-order valence-electron chi connectivity index (χ0n) is 11.3. The fraction of sp³-hybridized carbons (Fsp3) is 1.00. The van der Waals surface area contributed by atoms with Crippen LogP contribution in [-0.4, -0.2) is 48.3 Å². The van der Waals surface area contributed by atoms with Crippen molar-refractivity contribution >= 4 is 0 Å². The predicted octanol–water partition coefficient (Wildman–Crippen LogP) is 1.47. The normalized spacial score (nSPS) is 31.3. The molecule has 0 aromatic carbocycles. The van der Waals surface area contributed by atoms with Crippen molar-refractivity contribution in [2.75, 3.05) is 26.7 Å². The molecule has 16 heavy (non-hydrogen) atoms. The molecule has 0 aliphatic carbocycles. The van der Waals surface area contributed by atoms with Gasteiger partial charge in [-0.2, -0.15) is 0 Å². The van der Waals surface area contributed by atoms with Crippen LogP contribution < -0.4 is 5.32 Å². The topological polar surface area (TPSA) is 35.5 Å². The Labute approximate surface area is 100 Å². The maximum absolute atomic E-state index is 9.35. The SMILES string of the molecule is CNC(C)(CO)CCN1CC(C)CCC1C. The molecule has 0 amide bonds. The van der Waals surface area contributed by atoms with Gasteiger partial charge in [0, 0.05) is 24.7 Å². The number of aliphatic hydroxyl groups is 1. The summed E-state index contributed by atoms with van der Waals surface area (Å²) in [5.74, 6) is 0.825. The summed E-state index contributed by atoms with van der Waals surface area (Å²) < 4.78 is 0. The van der Waals surface area contributed by atoms with Crippen molar-refractivity contribution in [1.82, 2.24) is 10.2 Å². The van der Waals surface area contributed by atoms with Gasteiger partial charge in [0.15, 0.2) is 0 Å². The van der Waals surface area contributed by atoms with E-state index < -0.39 is 0 Å². The molecule has 3 atom stereocenters. The van der Waals surface area contributed by atoms with Crippen LogP contribution in [0.1, 0.15) is 40.0 Å². The number of aliphatic hydroxyl groups excluding tert-OH is 1. The highest BCUT2D eigenvalue weighted by atomic mass is 16.3. The first-order valence-electron chi connectivity index (χ1n) is 6.54. The molecule has 1 fully saturated rings. The molecule has 3 nitrogen and oxygen atoms in total. The van der Waals surface area contributed by atoms with Crippen LogP contribution in [0.5, 0.6) is 0 Å². The van der Waals surface area contributed by atoms with Crippen LogP contribution in [-0.2, 0) is 0 Å². The third kappa shape index (κ3) is 3.72. The van der Waals surface area contributed by atoms with Gasteiger partial charge in [0.25, 0.3) is 0 Å². The van der Waals surface area contributed by atoms with Crippen molar-refractivity contribution < 1.29 is 5.11 Å². The standard InChI is InChI=1S/C13H28N2O/c1-11-5-6-12(2)15(9-11)8-7-13(3,10-16)14-4/h11-12,14,16H,5-10H2,1-4H3. The molecule has 0 radical (unpaired) electrons. The molecule has 2 N–H and O–H groups in total. The van der Waals surface area contributed by atoms with Gasteiger partial charge in [-0.1, -0.05) is 6.92 Å². The van der Waals surface area contributed by atoms with Crippen LogP contribution in [0.25, 0.3) is 0 Å². The van der Waals surface area contributed by atoms with Gasteiger partial charge in [0.1, 0.15) is 0 Å². The summed E-state index contributed by atoms with van der Waals surface area (Å²) in [5, 5.41) is 12.6. The maximum Gasteiger partial charge on any atom is 0.0610 e. The van der Waals surface area contributed by atoms with E-state index in [1.54, 1.807) is 0 Å². The molecule has 3 heteroatoms. The Morgan fingerprint density at radius 2 is 2.06 bits per heavy atom. The molecule has 1 heterocycles. The van der Waals surface area contributed by atoms with Crippen molar-refractivity contribution in [3.05, 3.63) is 0 Å². The summed E-state index contributed by atoms with van der Waals surface area (Å²) >= 11 is 0. The maximum atomic E-state index is 9.35. The van der Waals surface area contributed by atoms with E-state index in [9.17, 15) is 5.11 Å². The second kappa shape index (κ2) is 5.99. The number of nitrogens with one attached hydrogen (secondary N) is 1. The van der Waals surface area contributed by atoms with Gasteiger partial charge in [0.2, 0.25) is 0 Å². The summed E-state index contributed by atoms with van der Waals surface area (Å²) in [6.45, 7) is 9.26. The zero-order chi connectivity index (χ0) is 12.2. The highest BCUT2D eigenvalue weighted by Crippen LogP contribution is 2.22. The van der Waals surface area contributed by atoms with Crippen molar-refractivity contribution in [2.45, 2.75) is 51.6 Å². The number of hydrogen-bond acceptors (Lipinski definition) is 3. The van der Waals surface area contributed by atoms with Gasteiger partial charge in [-0.05, 0) is 46.1 Å². The average Bonchev–Trinajstić information content (AvgIpc) is 2.30. The molecule has 3 unspecified atom stereocenters. The summed E-state index contributed by atoms with van der Waals surface area (Å²) in [6.07, 6.45) is 3.69. The minimum absolute atomic E-state index is 0.125. The summed E-state index contributed by atoms with van der Waals surface area (Å²) in [5.41, 5.74) is -0.125. The number of nitrogens with zero attached hydrogens (tertiary/aromatic N) is 1. The van der Waals surface area contributed by atoms with E-state index in [0.29, 0.717) is 6.04 Å². The monoisotopic (exact) mass is 228 g/mol. The molecule has 96 valence electrons. The number of likely N-dealkylation sites (N-methyl/N-ethyl adjacent to an activating group) is 1. The van der Waals surface area contributed by atoms with Crippen molar-refractivity contribution in [3.8, 4) is 0 Å². The zero-order valence-corrected chi connectivity index (χ0v) is 11.3. The van der Waals surface area contributed by atoms with Crippen LogP contribution in [0, 0.1) is 5.92 Å². The predicted molar refractivity (Wildman–Crippen MR) is 68.6 cm³/mol. The van der Waals surface area contributed by atoms with Gasteiger partial charge >= 0.3 is 0 Å². The lowest BCUT2D eigenvalue weighted by molar-refractivity contribution is 0.0970. The van der Waals surface area contributed by atoms with E-state index >= 15 is 0 Å². The number of rotatable bonds is 5. The number of piperidine rings is 1. The van der Waals surface area contributed by atoms with Gasteiger partial charge < -0.3 is 15.3 Å². The third-order valence-electron chi connectivity index (χ3n) is 4.15. The van der Waals surface area contributed by atoms with E-state index in [1.165, 1.54) is 19.4 Å². The molecule has 0 bridgehead atoms. The summed E-state index contributed by atoms with van der Waals surface area (Å²) in [7, 11) is 1.93. The van der Waals surface area contributed by atoms with E-state index in [2.05, 4.69) is 31.0 Å². The van der Waals surface area contributed by atoms with Gasteiger partial charge in [0.05, 0.1) is 6.61 Å². The van der Waals surface area contributed by atoms with E-state index in [4.69, 9.17) is 0 Å². The highest BCUT2D eigenvalue weighted by Gasteiger charge is 2.26. The van der Waals surface area contributed by atoms with E-state index in [1.807, 2.05) is 7.05 Å². The molecular formula is C13H28N2O. The molecule has 0 aromatic heterocycles. The highest BCUT2D eigenvalue weighted by molar-refractivity contribution is 4.84. The van der Waals surface area contributed by atoms with Gasteiger partial charge in [-0.25, -0.2) is 0 Å². The molecule has 0 aromatic rings. The summed E-state index contributed by atoms with van der Waals surface area (Å²) in [6, 6.07) is 0.705. The summed E-state index contributed by atoms with van der Waals surface area (Å²) in [4.78, 5) is 2.57. The fourth-order valence-electron chi connectivity index (χ4n) is 2.37. The Hall–Kier alpha value is -0.120.